The van der Waals surface area contributed by atoms with Crippen molar-refractivity contribution in [3.63, 3.8) is 0 Å². The van der Waals surface area contributed by atoms with Crippen LogP contribution in [0.15, 0.2) is 46.2 Å². The molecule has 0 spiro atoms. The van der Waals surface area contributed by atoms with E-state index in [0.717, 1.165) is 83.9 Å². The van der Waals surface area contributed by atoms with Crippen LogP contribution >= 0.6 is 35.1 Å². The van der Waals surface area contributed by atoms with Gasteiger partial charge in [-0.1, -0.05) is 38.8 Å². The molecular formula is C42H56ClN5O8S2. The molecule has 4 N–H and O–H groups in total. The molecule has 0 saturated carbocycles. The molecule has 6 amide bonds. The zero-order valence-electron chi connectivity index (χ0n) is 32.6. The number of ketones is 1. The number of carbonyl (C=O) groups is 8. The Morgan fingerprint density at radius 1 is 0.690 bits per heavy atom. The van der Waals surface area contributed by atoms with Gasteiger partial charge in [-0.3, -0.25) is 44.2 Å². The lowest BCUT2D eigenvalue weighted by Crippen LogP contribution is -2.52. The molecule has 2 atom stereocenters. The van der Waals surface area contributed by atoms with Gasteiger partial charge in [-0.25, -0.2) is 0 Å². The number of amides is 6. The molecular weight excluding hydrogens is 802 g/mol. The third-order valence-corrected chi connectivity index (χ3v) is 12.2. The van der Waals surface area contributed by atoms with Crippen molar-refractivity contribution in [1.29, 1.82) is 0 Å². The van der Waals surface area contributed by atoms with Crippen LogP contribution in [0, 0.1) is 0 Å². The third kappa shape index (κ3) is 13.8. The minimum Gasteiger partial charge on any atom is -0.330 e. The van der Waals surface area contributed by atoms with E-state index in [1.807, 2.05) is 36.4 Å². The lowest BCUT2D eigenvalue weighted by molar-refractivity contribution is -0.138. The fraction of sp³-hybridized carbons (Fsp3) is 0.524. The standard InChI is InChI=1S/C21H26N2O4S.C18H23N3O3S.C2H3ClO.CH4/c1-14(24)7-4-2-3-5-12-28-18-9-6-8-15-16(18)13-23(21(15)27)17-10-11-19(25)22-20(17)26;19-9-2-1-3-10-25-15-6-4-5-12-13(15)11-21(18(12)24)14-7-8-16(22)20-17(14)23;1-2(3)4;/h6,8-9,17H,2-5,7,10-13H2,1H3,(H,22,25,26);4-6,14H,1-3,7-11,19H2,(H,20,22,23);1H3;1H4. The van der Waals surface area contributed by atoms with Crippen molar-refractivity contribution < 1.29 is 38.4 Å². The molecule has 58 heavy (non-hydrogen) atoms. The van der Waals surface area contributed by atoms with E-state index in [0.29, 0.717) is 43.5 Å². The van der Waals surface area contributed by atoms with Crippen LogP contribution in [0.25, 0.3) is 0 Å². The molecule has 16 heteroatoms. The third-order valence-electron chi connectivity index (χ3n) is 9.86. The van der Waals surface area contributed by atoms with E-state index in [1.54, 1.807) is 40.2 Å². The highest BCUT2D eigenvalue weighted by Crippen LogP contribution is 2.36. The van der Waals surface area contributed by atoms with E-state index in [-0.39, 0.29) is 66.7 Å². The lowest BCUT2D eigenvalue weighted by Gasteiger charge is -2.29. The lowest BCUT2D eigenvalue weighted by atomic mass is 10.0. The number of hydrogen-bond acceptors (Lipinski definition) is 11. The molecule has 316 valence electrons. The van der Waals surface area contributed by atoms with Crippen LogP contribution in [-0.4, -0.2) is 86.4 Å². The largest absolute Gasteiger partial charge is 0.330 e. The highest BCUT2D eigenvalue weighted by molar-refractivity contribution is 7.99. The second-order valence-electron chi connectivity index (χ2n) is 14.2. The van der Waals surface area contributed by atoms with E-state index < -0.39 is 12.1 Å². The van der Waals surface area contributed by atoms with Crippen LogP contribution in [0.3, 0.4) is 0 Å². The summed E-state index contributed by atoms with van der Waals surface area (Å²) >= 11 is 8.13. The highest BCUT2D eigenvalue weighted by atomic mass is 35.5. The van der Waals surface area contributed by atoms with Gasteiger partial charge in [-0.2, -0.15) is 0 Å². The van der Waals surface area contributed by atoms with Gasteiger partial charge in [-0.15, -0.1) is 23.5 Å². The number of halogens is 1. The van der Waals surface area contributed by atoms with E-state index in [4.69, 9.17) is 5.73 Å². The van der Waals surface area contributed by atoms with Gasteiger partial charge in [0.1, 0.15) is 17.9 Å². The summed E-state index contributed by atoms with van der Waals surface area (Å²) < 4.78 is 0. The van der Waals surface area contributed by atoms with Crippen LogP contribution in [0.5, 0.6) is 0 Å². The first-order chi connectivity index (χ1) is 27.3. The molecule has 4 aliphatic heterocycles. The van der Waals surface area contributed by atoms with Gasteiger partial charge in [0.2, 0.25) is 28.9 Å². The van der Waals surface area contributed by atoms with Crippen molar-refractivity contribution in [2.45, 2.75) is 133 Å². The van der Waals surface area contributed by atoms with Crippen LogP contribution in [0.2, 0.25) is 0 Å². The second-order valence-corrected chi connectivity index (χ2v) is 17.1. The summed E-state index contributed by atoms with van der Waals surface area (Å²) in [5.74, 6) is 0.673. The molecule has 2 aromatic carbocycles. The quantitative estimate of drug-likeness (QED) is 0.0759. The molecule has 4 aliphatic rings. The van der Waals surface area contributed by atoms with E-state index in [9.17, 15) is 38.4 Å². The van der Waals surface area contributed by atoms with Crippen molar-refractivity contribution >= 4 is 81.6 Å². The summed E-state index contributed by atoms with van der Waals surface area (Å²) in [5, 5.41) is 4.31. The minimum atomic E-state index is -0.572. The predicted molar refractivity (Wildman–Crippen MR) is 226 cm³/mol. The monoisotopic (exact) mass is 857 g/mol. The van der Waals surface area contributed by atoms with Gasteiger partial charge < -0.3 is 20.3 Å². The molecule has 2 unspecified atom stereocenters. The maximum Gasteiger partial charge on any atom is 0.255 e. The number of nitrogens with two attached hydrogens (primary N) is 1. The van der Waals surface area contributed by atoms with Gasteiger partial charge >= 0.3 is 0 Å². The highest BCUT2D eigenvalue weighted by Gasteiger charge is 2.41. The molecule has 0 radical (unpaired) electrons. The number of imide groups is 2. The number of rotatable bonds is 16. The normalized spacial score (nSPS) is 18.2. The summed E-state index contributed by atoms with van der Waals surface area (Å²) in [6.07, 6.45) is 9.40. The SMILES string of the molecule is C.CC(=O)CCCCCCSc1cccc2c1CN(C1CCC(=O)NC1=O)C2=O.CC(=O)Cl.NCCCCCSc1cccc2c1CN(C1CCC(=O)NC1=O)C2=O. The number of hydrogen-bond donors (Lipinski definition) is 3. The fourth-order valence-electron chi connectivity index (χ4n) is 7.00. The van der Waals surface area contributed by atoms with Crippen molar-refractivity contribution in [2.75, 3.05) is 18.1 Å². The Kier molecular flexibility index (Phi) is 20.1. The number of unbranched alkanes of at least 4 members (excludes halogenated alkanes) is 5. The smallest absolute Gasteiger partial charge is 0.255 e. The second kappa shape index (κ2) is 24.1. The number of thioether (sulfide) groups is 2. The van der Waals surface area contributed by atoms with Gasteiger partial charge in [0.25, 0.3) is 11.8 Å². The van der Waals surface area contributed by atoms with E-state index in [1.165, 1.54) is 6.92 Å². The van der Waals surface area contributed by atoms with Crippen molar-refractivity contribution in [2.24, 2.45) is 5.73 Å². The molecule has 0 bridgehead atoms. The van der Waals surface area contributed by atoms with Crippen molar-refractivity contribution in [3.05, 3.63) is 58.7 Å². The number of fused-ring (bicyclic) bond motifs is 2. The summed E-state index contributed by atoms with van der Waals surface area (Å²) in [6, 6.07) is 10.4. The zero-order chi connectivity index (χ0) is 41.5. The molecule has 4 heterocycles. The molecule has 2 fully saturated rings. The maximum absolute atomic E-state index is 12.8. The van der Waals surface area contributed by atoms with E-state index >= 15 is 0 Å². The van der Waals surface area contributed by atoms with Gasteiger partial charge in [0.15, 0.2) is 0 Å². The average Bonchev–Trinajstić information content (AvgIpc) is 3.68. The number of nitrogens with zero attached hydrogens (tertiary/aromatic N) is 2. The Bertz CT molecular complexity index is 1840. The van der Waals surface area contributed by atoms with Gasteiger partial charge in [0.05, 0.1) is 0 Å². The minimum absolute atomic E-state index is 0. The first kappa shape index (κ1) is 48.3. The van der Waals surface area contributed by atoms with Crippen molar-refractivity contribution in [1.82, 2.24) is 20.4 Å². The van der Waals surface area contributed by atoms with Crippen molar-refractivity contribution in [3.8, 4) is 0 Å². The number of piperidine rings is 2. The fourth-order valence-corrected chi connectivity index (χ4v) is 9.19. The topological polar surface area (TPSA) is 193 Å². The van der Waals surface area contributed by atoms with Crippen LogP contribution < -0.4 is 16.4 Å². The first-order valence-electron chi connectivity index (χ1n) is 19.5. The Morgan fingerprint density at radius 3 is 1.50 bits per heavy atom. The molecule has 0 aromatic heterocycles. The number of Topliss-reactive ketones (excluding diaryl/α,β-unsaturated/α-hetero) is 1. The van der Waals surface area contributed by atoms with Gasteiger partial charge in [0, 0.05) is 60.2 Å². The van der Waals surface area contributed by atoms with Crippen LogP contribution in [-0.2, 0) is 41.9 Å². The Morgan fingerprint density at radius 2 is 1.10 bits per heavy atom. The van der Waals surface area contributed by atoms with Crippen LogP contribution in [0.4, 0.5) is 0 Å². The molecule has 2 aromatic rings. The Balaban J connectivity index is 0.000000281. The Hall–Kier alpha value is -4.05. The summed E-state index contributed by atoms with van der Waals surface area (Å²) in [4.78, 5) is 98.1. The summed E-state index contributed by atoms with van der Waals surface area (Å²) in [6.45, 7) is 4.50. The Labute approximate surface area is 354 Å². The zero-order valence-corrected chi connectivity index (χ0v) is 35.0. The summed E-state index contributed by atoms with van der Waals surface area (Å²) in [7, 11) is 0. The molecule has 13 nitrogen and oxygen atoms in total. The number of nitrogens with one attached hydrogen (secondary N) is 2. The average molecular weight is 859 g/mol. The first-order valence-corrected chi connectivity index (χ1v) is 21.8. The molecule has 6 rings (SSSR count). The molecule has 2 saturated heterocycles. The maximum atomic E-state index is 12.8. The summed E-state index contributed by atoms with van der Waals surface area (Å²) in [5.41, 5.74) is 8.84. The molecule has 0 aliphatic carbocycles. The van der Waals surface area contributed by atoms with Gasteiger partial charge in [-0.05, 0) is 110 Å². The van der Waals surface area contributed by atoms with E-state index in [2.05, 4.69) is 22.2 Å². The van der Waals surface area contributed by atoms with Crippen LogP contribution in [0.1, 0.15) is 130 Å². The number of benzene rings is 2. The number of carbonyl (C=O) groups excluding carboxylic acids is 8. The predicted octanol–water partition coefficient (Wildman–Crippen LogP) is 6.16.